The molecule has 0 radical (unpaired) electrons. The van der Waals surface area contributed by atoms with Crippen molar-refractivity contribution in [2.75, 3.05) is 0 Å². The van der Waals surface area contributed by atoms with E-state index in [-0.39, 0.29) is 0 Å². The lowest BCUT2D eigenvalue weighted by Crippen LogP contribution is -2.24. The van der Waals surface area contributed by atoms with Crippen LogP contribution < -0.4 is 0 Å². The van der Waals surface area contributed by atoms with E-state index in [4.69, 9.17) is 0 Å². The van der Waals surface area contributed by atoms with Crippen molar-refractivity contribution in [3.63, 3.8) is 0 Å². The van der Waals surface area contributed by atoms with E-state index in [0.717, 1.165) is 42.4 Å². The van der Waals surface area contributed by atoms with E-state index in [9.17, 15) is 4.39 Å². The van der Waals surface area contributed by atoms with Crippen LogP contribution in [0.3, 0.4) is 0 Å². The van der Waals surface area contributed by atoms with Gasteiger partial charge in [0, 0.05) is 13.6 Å². The van der Waals surface area contributed by atoms with E-state index >= 15 is 4.39 Å². The molecule has 0 aliphatic heterocycles. The maximum absolute atomic E-state index is 15.1. The van der Waals surface area contributed by atoms with Crippen LogP contribution in [0, 0.1) is 17.6 Å². The summed E-state index contributed by atoms with van der Waals surface area (Å²) in [6, 6.07) is 12.7. The number of rotatable bonds is 18. The van der Waals surface area contributed by atoms with Crippen molar-refractivity contribution in [2.24, 2.45) is 5.92 Å². The van der Waals surface area contributed by atoms with Crippen molar-refractivity contribution in [1.29, 1.82) is 0 Å². The molecule has 0 nitrogen and oxygen atoms in total. The van der Waals surface area contributed by atoms with Gasteiger partial charge in [0.15, 0.2) is 11.6 Å². The number of hydrogen-bond acceptors (Lipinski definition) is 0. The number of halogens is 2. The Kier molecular flexibility index (Phi) is 13.7. The molecule has 0 N–H and O–H groups in total. The number of benzene rings is 2. The first kappa shape index (κ1) is 32.0. The zero-order valence-electron chi connectivity index (χ0n) is 25.7. The highest BCUT2D eigenvalue weighted by atomic mass is 28.3. The first-order valence-electron chi connectivity index (χ1n) is 16.4. The molecule has 1 unspecified atom stereocenters. The summed E-state index contributed by atoms with van der Waals surface area (Å²) in [5.41, 5.74) is 4.75. The van der Waals surface area contributed by atoms with Crippen LogP contribution >= 0.6 is 0 Å². The van der Waals surface area contributed by atoms with Gasteiger partial charge >= 0.3 is 0 Å². The molecule has 2 aromatic rings. The fourth-order valence-corrected chi connectivity index (χ4v) is 9.38. The molecule has 0 saturated carbocycles. The molecular weight excluding hydrogens is 498 g/mol. The van der Waals surface area contributed by atoms with Crippen LogP contribution in [-0.4, -0.2) is 8.07 Å². The minimum Gasteiger partial charge on any atom is -0.204 e. The smallest absolute Gasteiger partial charge is 0.166 e. The number of hydrogen-bond donors (Lipinski definition) is 0. The van der Waals surface area contributed by atoms with E-state index < -0.39 is 19.7 Å². The largest absolute Gasteiger partial charge is 0.204 e. The average Bonchev–Trinajstić information content (AvgIpc) is 2.93. The van der Waals surface area contributed by atoms with Gasteiger partial charge in [0.2, 0.25) is 0 Å². The Hall–Kier alpha value is -1.48. The highest BCUT2D eigenvalue weighted by Crippen LogP contribution is 2.38. The second-order valence-corrected chi connectivity index (χ2v) is 18.6. The summed E-state index contributed by atoms with van der Waals surface area (Å²) in [5.74, 6) is -0.747. The summed E-state index contributed by atoms with van der Waals surface area (Å²) < 4.78 is 29.9. The Labute approximate surface area is 240 Å². The highest BCUT2D eigenvalue weighted by Gasteiger charge is 2.26. The van der Waals surface area contributed by atoms with E-state index in [1.165, 1.54) is 107 Å². The van der Waals surface area contributed by atoms with Crippen LogP contribution in [0.2, 0.25) is 25.2 Å². The molecular formula is C36H56F2Si. The molecule has 3 heteroatoms. The van der Waals surface area contributed by atoms with Gasteiger partial charge in [-0.1, -0.05) is 140 Å². The Morgan fingerprint density at radius 2 is 1.41 bits per heavy atom. The Morgan fingerprint density at radius 1 is 0.769 bits per heavy atom. The molecule has 1 atom stereocenters. The lowest BCUT2D eigenvalue weighted by molar-refractivity contribution is 0.408. The minimum atomic E-state index is -1.04. The second kappa shape index (κ2) is 16.7. The topological polar surface area (TPSA) is 0 Å². The summed E-state index contributed by atoms with van der Waals surface area (Å²) in [6.07, 6.45) is 21.0. The zero-order chi connectivity index (χ0) is 28.1. The molecule has 0 saturated heterocycles. The number of unbranched alkanes of at least 4 members (excludes halogenated alkanes) is 9. The fraction of sp³-hybridized carbons (Fsp3) is 0.667. The first-order chi connectivity index (χ1) is 18.8. The molecule has 0 fully saturated rings. The Morgan fingerprint density at radius 3 is 2.10 bits per heavy atom. The summed E-state index contributed by atoms with van der Waals surface area (Å²) in [7, 11) is -1.04. The monoisotopic (exact) mass is 554 g/mol. The van der Waals surface area contributed by atoms with Crippen LogP contribution in [0.5, 0.6) is 0 Å². The van der Waals surface area contributed by atoms with Crippen molar-refractivity contribution in [1.82, 2.24) is 0 Å². The average molecular weight is 555 g/mol. The molecule has 39 heavy (non-hydrogen) atoms. The summed E-state index contributed by atoms with van der Waals surface area (Å²) in [4.78, 5) is 0. The molecule has 1 aliphatic rings. The number of aryl methyl sites for hydroxylation is 1. The van der Waals surface area contributed by atoms with Crippen molar-refractivity contribution >= 4 is 8.07 Å². The predicted octanol–water partition coefficient (Wildman–Crippen LogP) is 12.1. The second-order valence-electron chi connectivity index (χ2n) is 13.2. The van der Waals surface area contributed by atoms with Crippen molar-refractivity contribution < 1.29 is 8.78 Å². The molecule has 3 rings (SSSR count). The maximum Gasteiger partial charge on any atom is 0.166 e. The fourth-order valence-electron chi connectivity index (χ4n) is 6.61. The van der Waals surface area contributed by atoms with Gasteiger partial charge < -0.3 is 0 Å². The lowest BCUT2D eigenvalue weighted by Gasteiger charge is -2.28. The summed E-state index contributed by atoms with van der Waals surface area (Å²) in [5, 5.41) is 0. The molecule has 0 spiro atoms. The van der Waals surface area contributed by atoms with Gasteiger partial charge in [0.1, 0.15) is 0 Å². The van der Waals surface area contributed by atoms with Crippen molar-refractivity contribution in [3.8, 4) is 11.1 Å². The highest BCUT2D eigenvalue weighted by molar-refractivity contribution is 6.77. The zero-order valence-corrected chi connectivity index (χ0v) is 26.7. The quantitative estimate of drug-likeness (QED) is 0.127. The normalized spacial score (nSPS) is 15.5. The van der Waals surface area contributed by atoms with Crippen LogP contribution in [0.4, 0.5) is 8.78 Å². The van der Waals surface area contributed by atoms with E-state index in [2.05, 4.69) is 39.1 Å². The molecule has 0 amide bonds. The van der Waals surface area contributed by atoms with Crippen LogP contribution in [0.1, 0.15) is 120 Å². The van der Waals surface area contributed by atoms with Gasteiger partial charge in [-0.3, -0.25) is 0 Å². The van der Waals surface area contributed by atoms with Gasteiger partial charge in [0.05, 0.1) is 0 Å². The first-order valence-corrected chi connectivity index (χ1v) is 19.8. The molecule has 1 aliphatic carbocycles. The predicted molar refractivity (Wildman–Crippen MR) is 169 cm³/mol. The lowest BCUT2D eigenvalue weighted by atomic mass is 9.78. The van der Waals surface area contributed by atoms with Crippen LogP contribution in [-0.2, 0) is 19.3 Å². The third-order valence-electron chi connectivity index (χ3n) is 9.22. The van der Waals surface area contributed by atoms with Gasteiger partial charge in [-0.2, -0.15) is 0 Å². The molecule has 218 valence electrons. The van der Waals surface area contributed by atoms with E-state index in [1.807, 2.05) is 12.1 Å². The molecule has 0 heterocycles. The van der Waals surface area contributed by atoms with Gasteiger partial charge in [0.25, 0.3) is 0 Å². The van der Waals surface area contributed by atoms with Crippen molar-refractivity contribution in [3.05, 3.63) is 58.7 Å². The molecule has 0 aromatic heterocycles. The van der Waals surface area contributed by atoms with Crippen LogP contribution in [0.15, 0.2) is 30.3 Å². The minimum absolute atomic E-state index is 0.519. The van der Waals surface area contributed by atoms with Crippen molar-refractivity contribution in [2.45, 2.75) is 148 Å². The molecule has 0 bridgehead atoms. The van der Waals surface area contributed by atoms with Gasteiger partial charge in [-0.25, -0.2) is 8.78 Å². The van der Waals surface area contributed by atoms with Crippen LogP contribution in [0.25, 0.3) is 11.1 Å². The SMILES string of the molecule is CCCCCCCCCCc1ccc(-c2c(F)c(F)cc3c2CCC(CCCC[Si](C)(C)CCCC)C3)cc1. The third kappa shape index (κ3) is 10.5. The third-order valence-corrected chi connectivity index (χ3v) is 12.6. The van der Waals surface area contributed by atoms with E-state index in [0.29, 0.717) is 11.5 Å². The standard InChI is InChI=1S/C36H56F2Si/c1-5-7-9-10-11-12-13-14-17-29-19-22-31(23-20-29)35-33-24-21-30(27-32(33)28-34(37)36(35)38)18-15-16-26-39(3,4)25-8-6-2/h19-20,22-23,28,30H,5-18,21,24-27H2,1-4H3. The van der Waals surface area contributed by atoms with Gasteiger partial charge in [-0.15, -0.1) is 0 Å². The van der Waals surface area contributed by atoms with Gasteiger partial charge in [-0.05, 0) is 66.3 Å². The maximum atomic E-state index is 15.1. The Balaban J connectivity index is 1.53. The summed E-state index contributed by atoms with van der Waals surface area (Å²) in [6.45, 7) is 9.64. The number of fused-ring (bicyclic) bond motifs is 1. The Bertz CT molecular complexity index is 979. The molecule has 2 aromatic carbocycles. The summed E-state index contributed by atoms with van der Waals surface area (Å²) >= 11 is 0. The van der Waals surface area contributed by atoms with E-state index in [1.54, 1.807) is 0 Å².